The van der Waals surface area contributed by atoms with Crippen LogP contribution >= 0.6 is 0 Å². The Balaban J connectivity index is 3.16. The molecule has 4 nitrogen and oxygen atoms in total. The first kappa shape index (κ1) is 21.8. The van der Waals surface area contributed by atoms with Crippen molar-refractivity contribution >= 4 is 0 Å². The highest BCUT2D eigenvalue weighted by atomic mass is 16.5. The summed E-state index contributed by atoms with van der Waals surface area (Å²) in [5, 5.41) is 17.9. The lowest BCUT2D eigenvalue weighted by molar-refractivity contribution is 0.143. The van der Waals surface area contributed by atoms with Crippen molar-refractivity contribution in [3.63, 3.8) is 0 Å². The van der Waals surface area contributed by atoms with Crippen LogP contribution in [0.25, 0.3) is 0 Å². The van der Waals surface area contributed by atoms with Crippen molar-refractivity contribution in [2.75, 3.05) is 46.1 Å². The van der Waals surface area contributed by atoms with E-state index >= 15 is 0 Å². The zero-order chi connectivity index (χ0) is 16.3. The van der Waals surface area contributed by atoms with Gasteiger partial charge in [0.05, 0.1) is 13.2 Å². The van der Waals surface area contributed by atoms with Crippen LogP contribution in [0.2, 0.25) is 0 Å². The van der Waals surface area contributed by atoms with Gasteiger partial charge in [0.15, 0.2) is 0 Å². The zero-order valence-corrected chi connectivity index (χ0v) is 14.8. The fourth-order valence-electron chi connectivity index (χ4n) is 2.72. The van der Waals surface area contributed by atoms with Crippen molar-refractivity contribution in [3.05, 3.63) is 0 Å². The largest absolute Gasteiger partial charge is 0.395 e. The molecule has 0 saturated carbocycles. The normalized spacial score (nSPS) is 11.5. The minimum atomic E-state index is 0.185. The molecule has 0 saturated heterocycles. The number of nitrogens with zero attached hydrogens (tertiary/aromatic N) is 1. The number of aliphatic hydroxyl groups excluding tert-OH is 2. The van der Waals surface area contributed by atoms with E-state index in [0.29, 0.717) is 13.1 Å². The summed E-state index contributed by atoms with van der Waals surface area (Å²) in [5.74, 6) is 0. The molecule has 0 aromatic carbocycles. The minimum absolute atomic E-state index is 0.185. The predicted octanol–water partition coefficient (Wildman–Crippen LogP) is 3.21. The summed E-state index contributed by atoms with van der Waals surface area (Å²) in [6.45, 7) is 6.57. The smallest absolute Gasteiger partial charge is 0.0558 e. The number of hydrogen-bond acceptors (Lipinski definition) is 4. The van der Waals surface area contributed by atoms with Crippen molar-refractivity contribution in [3.8, 4) is 0 Å². The van der Waals surface area contributed by atoms with Crippen LogP contribution in [0, 0.1) is 0 Å². The van der Waals surface area contributed by atoms with Gasteiger partial charge in [-0.3, -0.25) is 4.90 Å². The lowest BCUT2D eigenvalue weighted by atomic mass is 10.1. The standard InChI is InChI=1S/C18H39NO3/c1-2-22-18-12-10-8-6-4-3-5-7-9-11-13-19(14-16-20)15-17-21/h20-21H,2-18H2,1H3. The van der Waals surface area contributed by atoms with Crippen molar-refractivity contribution in [1.29, 1.82) is 0 Å². The van der Waals surface area contributed by atoms with Crippen LogP contribution in [-0.4, -0.2) is 61.2 Å². The highest BCUT2D eigenvalue weighted by Gasteiger charge is 2.02. The van der Waals surface area contributed by atoms with Crippen LogP contribution in [0.5, 0.6) is 0 Å². The Hall–Kier alpha value is -0.160. The third-order valence-corrected chi connectivity index (χ3v) is 4.05. The Bertz CT molecular complexity index is 197. The van der Waals surface area contributed by atoms with Gasteiger partial charge in [0.25, 0.3) is 0 Å². The average molecular weight is 318 g/mol. The topological polar surface area (TPSA) is 52.9 Å². The van der Waals surface area contributed by atoms with Gasteiger partial charge in [-0.1, -0.05) is 51.4 Å². The van der Waals surface area contributed by atoms with Gasteiger partial charge in [0.2, 0.25) is 0 Å². The van der Waals surface area contributed by atoms with Gasteiger partial charge in [-0.25, -0.2) is 0 Å². The highest BCUT2D eigenvalue weighted by molar-refractivity contribution is 4.57. The molecule has 0 unspecified atom stereocenters. The lowest BCUT2D eigenvalue weighted by Crippen LogP contribution is -2.30. The second kappa shape index (κ2) is 18.9. The Labute approximate surface area is 137 Å². The third kappa shape index (κ3) is 16.2. The quantitative estimate of drug-likeness (QED) is 0.381. The Morgan fingerprint density at radius 3 is 1.55 bits per heavy atom. The summed E-state index contributed by atoms with van der Waals surface area (Å²) in [4.78, 5) is 2.14. The van der Waals surface area contributed by atoms with Gasteiger partial charge in [-0.15, -0.1) is 0 Å². The number of rotatable bonds is 18. The Morgan fingerprint density at radius 2 is 1.09 bits per heavy atom. The second-order valence-electron chi connectivity index (χ2n) is 6.02. The maximum atomic E-state index is 8.94. The molecule has 0 aliphatic rings. The molecule has 2 N–H and O–H groups in total. The van der Waals surface area contributed by atoms with Crippen molar-refractivity contribution < 1.29 is 14.9 Å². The van der Waals surface area contributed by atoms with Crippen LogP contribution < -0.4 is 0 Å². The Morgan fingerprint density at radius 1 is 0.636 bits per heavy atom. The van der Waals surface area contributed by atoms with E-state index in [1.165, 1.54) is 64.2 Å². The monoisotopic (exact) mass is 317 g/mol. The average Bonchev–Trinajstić information content (AvgIpc) is 2.52. The number of hydrogen-bond donors (Lipinski definition) is 2. The highest BCUT2D eigenvalue weighted by Crippen LogP contribution is 2.11. The molecule has 22 heavy (non-hydrogen) atoms. The molecule has 0 aromatic rings. The molecule has 0 fully saturated rings. The number of aliphatic hydroxyl groups is 2. The minimum Gasteiger partial charge on any atom is -0.395 e. The molecule has 0 heterocycles. The second-order valence-corrected chi connectivity index (χ2v) is 6.02. The summed E-state index contributed by atoms with van der Waals surface area (Å²) in [7, 11) is 0. The van der Waals surface area contributed by atoms with Gasteiger partial charge >= 0.3 is 0 Å². The molecule has 4 heteroatoms. The molecule has 0 rings (SSSR count). The van der Waals surface area contributed by atoms with Crippen LogP contribution in [0.3, 0.4) is 0 Å². The third-order valence-electron chi connectivity index (χ3n) is 4.05. The number of ether oxygens (including phenoxy) is 1. The molecule has 0 spiro atoms. The molecule has 0 atom stereocenters. The van der Waals surface area contributed by atoms with E-state index in [1.54, 1.807) is 0 Å². The maximum absolute atomic E-state index is 8.94. The van der Waals surface area contributed by atoms with Gasteiger partial charge in [-0.2, -0.15) is 0 Å². The first-order valence-electron chi connectivity index (χ1n) is 9.37. The molecular weight excluding hydrogens is 278 g/mol. The first-order valence-corrected chi connectivity index (χ1v) is 9.37. The van der Waals surface area contributed by atoms with E-state index < -0.39 is 0 Å². The van der Waals surface area contributed by atoms with E-state index in [2.05, 4.69) is 11.8 Å². The zero-order valence-electron chi connectivity index (χ0n) is 14.8. The first-order chi connectivity index (χ1) is 10.8. The van der Waals surface area contributed by atoms with Gasteiger partial charge in [0.1, 0.15) is 0 Å². The lowest BCUT2D eigenvalue weighted by Gasteiger charge is -2.19. The van der Waals surface area contributed by atoms with Crippen molar-refractivity contribution in [1.82, 2.24) is 4.90 Å². The maximum Gasteiger partial charge on any atom is 0.0558 e. The van der Waals surface area contributed by atoms with Crippen LogP contribution in [-0.2, 0) is 4.74 Å². The van der Waals surface area contributed by atoms with E-state index in [4.69, 9.17) is 14.9 Å². The summed E-state index contributed by atoms with van der Waals surface area (Å²) < 4.78 is 5.33. The van der Waals surface area contributed by atoms with Crippen LogP contribution in [0.4, 0.5) is 0 Å². The van der Waals surface area contributed by atoms with E-state index in [1.807, 2.05) is 0 Å². The summed E-state index contributed by atoms with van der Waals surface area (Å²) in [6, 6.07) is 0. The molecular formula is C18H39NO3. The van der Waals surface area contributed by atoms with Crippen LogP contribution in [0.15, 0.2) is 0 Å². The summed E-state index contributed by atoms with van der Waals surface area (Å²) in [5.41, 5.74) is 0. The van der Waals surface area contributed by atoms with Crippen molar-refractivity contribution in [2.45, 2.75) is 71.1 Å². The SMILES string of the molecule is CCOCCCCCCCCCCCCN(CCO)CCO. The number of unbranched alkanes of at least 4 members (excludes halogenated alkanes) is 9. The van der Waals surface area contributed by atoms with Gasteiger partial charge in [-0.05, 0) is 26.3 Å². The van der Waals surface area contributed by atoms with Crippen LogP contribution in [0.1, 0.15) is 71.1 Å². The summed E-state index contributed by atoms with van der Waals surface area (Å²) in [6.07, 6.45) is 13.1. The summed E-state index contributed by atoms with van der Waals surface area (Å²) >= 11 is 0. The fraction of sp³-hybridized carbons (Fsp3) is 1.00. The van der Waals surface area contributed by atoms with E-state index in [-0.39, 0.29) is 13.2 Å². The molecule has 0 aliphatic heterocycles. The van der Waals surface area contributed by atoms with E-state index in [0.717, 1.165) is 19.8 Å². The molecule has 0 bridgehead atoms. The molecule has 134 valence electrons. The Kier molecular flexibility index (Phi) is 18.8. The van der Waals surface area contributed by atoms with Crippen molar-refractivity contribution in [2.24, 2.45) is 0 Å². The molecule has 0 aromatic heterocycles. The molecule has 0 aliphatic carbocycles. The fourth-order valence-corrected chi connectivity index (χ4v) is 2.72. The molecule has 0 amide bonds. The van der Waals surface area contributed by atoms with Gasteiger partial charge in [0, 0.05) is 26.3 Å². The molecule has 0 radical (unpaired) electrons. The van der Waals surface area contributed by atoms with Gasteiger partial charge < -0.3 is 14.9 Å². The van der Waals surface area contributed by atoms with E-state index in [9.17, 15) is 0 Å². The predicted molar refractivity (Wildman–Crippen MR) is 93.3 cm³/mol.